The Kier molecular flexibility index (Phi) is 11.2. The van der Waals surface area contributed by atoms with Crippen molar-refractivity contribution in [2.75, 3.05) is 0 Å². The maximum atomic E-state index is 15.0. The molecule has 0 heterocycles. The zero-order valence-corrected chi connectivity index (χ0v) is 33.7. The minimum Gasteiger partial charge on any atom is -0.507 e. The Hall–Kier alpha value is -4.68. The van der Waals surface area contributed by atoms with Crippen LogP contribution in [0.2, 0.25) is 10.0 Å². The Morgan fingerprint density at radius 2 is 1.07 bits per heavy atom. The predicted octanol–water partition coefficient (Wildman–Crippen LogP) is 10.2. The van der Waals surface area contributed by atoms with Gasteiger partial charge in [-0.1, -0.05) is 50.9 Å². The molecule has 4 aromatic rings. The van der Waals surface area contributed by atoms with Crippen molar-refractivity contribution in [1.29, 1.82) is 0 Å². The number of rotatable bonds is 10. The molecule has 2 aliphatic carbocycles. The Morgan fingerprint density at radius 1 is 0.564 bits per heavy atom. The third-order valence-electron chi connectivity index (χ3n) is 9.86. The van der Waals surface area contributed by atoms with E-state index in [1.165, 1.54) is 37.4 Å². The van der Waals surface area contributed by atoms with Gasteiger partial charge in [-0.05, 0) is 85.0 Å². The van der Waals surface area contributed by atoms with Gasteiger partial charge in [-0.25, -0.2) is 0 Å². The number of nitroso groups, excluding NO2 is 1. The minimum atomic E-state index is -0.909. The molecule has 0 aliphatic heterocycles. The molecule has 6 rings (SSSR count). The second-order valence-corrected chi connectivity index (χ2v) is 16.9. The summed E-state index contributed by atoms with van der Waals surface area (Å²) in [6, 6.07) is 13.6. The number of fused-ring (bicyclic) bond motifs is 2. The van der Waals surface area contributed by atoms with Gasteiger partial charge in [-0.2, -0.15) is 0 Å². The summed E-state index contributed by atoms with van der Waals surface area (Å²) in [5.74, 6) is -2.67. The fourth-order valence-corrected chi connectivity index (χ4v) is 9.31. The third-order valence-corrected chi connectivity index (χ3v) is 12.4. The van der Waals surface area contributed by atoms with Gasteiger partial charge in [0.2, 0.25) is 10.9 Å². The monoisotopic (exact) mass is 815 g/mol. The lowest BCUT2D eigenvalue weighted by Gasteiger charge is -2.24. The van der Waals surface area contributed by atoms with Gasteiger partial charge in [-0.15, -0.1) is 28.4 Å². The first kappa shape index (κ1) is 40.0. The molecule has 0 atom stereocenters. The van der Waals surface area contributed by atoms with E-state index < -0.39 is 50.8 Å². The average Bonchev–Trinajstić information content (AvgIpc) is 3.14. The highest BCUT2D eigenvalue weighted by Crippen LogP contribution is 2.55. The van der Waals surface area contributed by atoms with Crippen LogP contribution in [0.5, 0.6) is 17.2 Å². The molecule has 0 unspecified atom stereocenters. The van der Waals surface area contributed by atoms with Gasteiger partial charge in [-0.3, -0.25) is 19.2 Å². The molecule has 0 aromatic heterocycles. The van der Waals surface area contributed by atoms with Crippen LogP contribution in [-0.2, 0) is 11.5 Å². The molecule has 2 aliphatic rings. The van der Waals surface area contributed by atoms with Crippen LogP contribution in [0.3, 0.4) is 0 Å². The summed E-state index contributed by atoms with van der Waals surface area (Å²) >= 11 is 14.6. The largest absolute Gasteiger partial charge is 0.507 e. The number of halogens is 2. The molecule has 0 radical (unpaired) electrons. The Morgan fingerprint density at radius 3 is 1.56 bits per heavy atom. The number of thioether (sulfide) groups is 2. The van der Waals surface area contributed by atoms with Gasteiger partial charge in [0.15, 0.2) is 16.5 Å². The van der Waals surface area contributed by atoms with E-state index >= 15 is 4.79 Å². The third kappa shape index (κ3) is 6.81. The van der Waals surface area contributed by atoms with Crippen LogP contribution in [0.4, 0.5) is 5.69 Å². The zero-order valence-electron chi connectivity index (χ0n) is 30.6. The first-order chi connectivity index (χ1) is 26.0. The van der Waals surface area contributed by atoms with E-state index in [1.54, 1.807) is 76.2 Å². The zero-order chi connectivity index (χ0) is 40.2. The molecular weight excluding hydrogens is 782 g/mol. The second-order valence-electron chi connectivity index (χ2n) is 13.9. The van der Waals surface area contributed by atoms with Crippen molar-refractivity contribution in [1.82, 2.24) is 0 Å². The number of benzene rings is 6. The highest BCUT2D eigenvalue weighted by Gasteiger charge is 2.35. The number of hydrogen-bond donors (Lipinski definition) is 3. The van der Waals surface area contributed by atoms with Crippen molar-refractivity contribution in [3.05, 3.63) is 138 Å². The van der Waals surface area contributed by atoms with Crippen molar-refractivity contribution < 1.29 is 15.3 Å². The highest BCUT2D eigenvalue weighted by molar-refractivity contribution is 7.98. The lowest BCUT2D eigenvalue weighted by Crippen LogP contribution is -2.38. The number of phenols is 3. The van der Waals surface area contributed by atoms with Crippen molar-refractivity contribution in [2.45, 2.75) is 74.7 Å². The van der Waals surface area contributed by atoms with E-state index in [0.29, 0.717) is 14.9 Å². The van der Waals surface area contributed by atoms with E-state index in [0.717, 1.165) is 4.90 Å². The predicted molar refractivity (Wildman–Crippen MR) is 224 cm³/mol. The van der Waals surface area contributed by atoms with Crippen molar-refractivity contribution in [3.8, 4) is 39.5 Å². The standard InChI is InChI=1S/C42H35Cl2NO8S2/c1-17(2)27-33-31(25(38(48)35(27)45-53)15-54-23-11-7-21(43)8-12-23)40(50)29(19(5)36(33)46)30-20(6)37(47)34-28(18(3)4)42(52)39(49)26(32(34)41(30)51)16-55-24-13-9-22(44)10-14-24/h7-14,17-18,46,48,50H,15-16H2,1-6H3. The number of nitrogens with zero attached hydrogens (tertiary/aromatic N) is 1. The van der Waals surface area contributed by atoms with Crippen molar-refractivity contribution in [2.24, 2.45) is 5.18 Å². The van der Waals surface area contributed by atoms with Crippen molar-refractivity contribution >= 4 is 63.2 Å². The van der Waals surface area contributed by atoms with Crippen molar-refractivity contribution in [3.63, 3.8) is 0 Å². The summed E-state index contributed by atoms with van der Waals surface area (Å²) in [5.41, 5.74) is -4.47. The SMILES string of the molecule is Cc1c(-c2c(C)c(=O)c3c(C(C)C)c(=O)c(=O)c(CSc4ccc(Cl)cc4)c-3c2=O)c(O)c2c(CSc3ccc(Cl)cc3)c(O)c(N=O)c(C(C)C)c2c1O. The molecule has 9 nitrogen and oxygen atoms in total. The molecule has 0 fully saturated rings. The molecule has 3 N–H and O–H groups in total. The Bertz CT molecular complexity index is 2720. The summed E-state index contributed by atoms with van der Waals surface area (Å²) in [6.07, 6.45) is 0. The van der Waals surface area contributed by atoms with Gasteiger partial charge >= 0.3 is 0 Å². The fourth-order valence-electron chi connectivity index (χ4n) is 7.23. The van der Waals surface area contributed by atoms with Gasteiger partial charge < -0.3 is 15.3 Å². The van der Waals surface area contributed by atoms with Gasteiger partial charge in [0, 0.05) is 92.2 Å². The van der Waals surface area contributed by atoms with Crippen LogP contribution in [0.15, 0.2) is 82.7 Å². The summed E-state index contributed by atoms with van der Waals surface area (Å²) in [5, 5.41) is 40.2. The molecule has 13 heteroatoms. The van der Waals surface area contributed by atoms with E-state index in [9.17, 15) is 34.6 Å². The first-order valence-corrected chi connectivity index (χ1v) is 20.0. The first-order valence-electron chi connectivity index (χ1n) is 17.2. The molecule has 4 aromatic carbocycles. The van der Waals surface area contributed by atoms with Crippen LogP contribution in [0, 0.1) is 18.8 Å². The highest BCUT2D eigenvalue weighted by atomic mass is 35.5. The summed E-state index contributed by atoms with van der Waals surface area (Å²) < 4.78 is 0. The van der Waals surface area contributed by atoms with E-state index in [2.05, 4.69) is 5.18 Å². The molecule has 282 valence electrons. The summed E-state index contributed by atoms with van der Waals surface area (Å²) in [7, 11) is 0. The molecule has 0 saturated carbocycles. The van der Waals surface area contributed by atoms with Crippen LogP contribution in [0.25, 0.3) is 33.0 Å². The number of phenolic OH excluding ortho intramolecular Hbond substituents is 3. The van der Waals surface area contributed by atoms with Gasteiger partial charge in [0.25, 0.3) is 0 Å². The fraction of sp³-hybridized carbons (Fsp3) is 0.238. The molecule has 55 heavy (non-hydrogen) atoms. The lowest BCUT2D eigenvalue weighted by molar-refractivity contribution is 0.461. The normalized spacial score (nSPS) is 11.7. The quantitative estimate of drug-likeness (QED) is 0.0526. The van der Waals surface area contributed by atoms with E-state index in [4.69, 9.17) is 23.2 Å². The summed E-state index contributed by atoms with van der Waals surface area (Å²) in [6.45, 7) is 9.64. The van der Waals surface area contributed by atoms with Gasteiger partial charge in [0.05, 0.1) is 0 Å². The lowest BCUT2D eigenvalue weighted by atomic mass is 9.80. The minimum absolute atomic E-state index is 0.00802. The number of aromatic hydroxyl groups is 3. The number of hydrogen-bond acceptors (Lipinski definition) is 11. The van der Waals surface area contributed by atoms with E-state index in [-0.39, 0.29) is 83.6 Å². The second kappa shape index (κ2) is 15.5. The molecular formula is C42H35Cl2NO8S2. The average molecular weight is 817 g/mol. The smallest absolute Gasteiger partial charge is 0.230 e. The molecule has 0 spiro atoms. The molecule has 0 bridgehead atoms. The van der Waals surface area contributed by atoms with Gasteiger partial charge in [0.1, 0.15) is 17.2 Å². The molecule has 0 amide bonds. The Balaban J connectivity index is 1.74. The van der Waals surface area contributed by atoms with Crippen LogP contribution in [-0.4, -0.2) is 15.3 Å². The molecule has 0 saturated heterocycles. The van der Waals surface area contributed by atoms with Crippen LogP contribution in [0.1, 0.15) is 72.9 Å². The summed E-state index contributed by atoms with van der Waals surface area (Å²) in [4.78, 5) is 70.7. The van der Waals surface area contributed by atoms with Crippen LogP contribution >= 0.6 is 46.7 Å². The maximum absolute atomic E-state index is 15.0. The van der Waals surface area contributed by atoms with E-state index in [1.807, 2.05) is 0 Å². The van der Waals surface area contributed by atoms with Crippen LogP contribution < -0.4 is 21.7 Å². The Labute approximate surface area is 334 Å². The topological polar surface area (TPSA) is 158 Å². The maximum Gasteiger partial charge on any atom is 0.230 e.